The molecule has 4 heteroatoms. The summed E-state index contributed by atoms with van der Waals surface area (Å²) in [7, 11) is 1.91. The highest BCUT2D eigenvalue weighted by atomic mass is 79.9. The zero-order valence-corrected chi connectivity index (χ0v) is 14.1. The van der Waals surface area contributed by atoms with Gasteiger partial charge in [0.25, 0.3) is 0 Å². The monoisotopic (exact) mass is 345 g/mol. The summed E-state index contributed by atoms with van der Waals surface area (Å²) in [5, 5.41) is 3.19. The average molecular weight is 346 g/mol. The normalized spacial score (nSPS) is 15.4. The first-order valence-corrected chi connectivity index (χ1v) is 8.30. The van der Waals surface area contributed by atoms with Crippen molar-refractivity contribution in [1.82, 2.24) is 9.97 Å². The number of hydrogen-bond donors (Lipinski definition) is 1. The maximum Gasteiger partial charge on any atom is 0.161 e. The Balaban J connectivity index is 2.10. The van der Waals surface area contributed by atoms with E-state index in [-0.39, 0.29) is 0 Å². The van der Waals surface area contributed by atoms with Gasteiger partial charge < -0.3 is 5.32 Å². The molecule has 1 saturated carbocycles. The Morgan fingerprint density at radius 2 is 1.95 bits per heavy atom. The molecular weight excluding hydrogens is 326 g/mol. The molecule has 1 aliphatic carbocycles. The molecule has 0 bridgehead atoms. The lowest BCUT2D eigenvalue weighted by Gasteiger charge is -2.15. The van der Waals surface area contributed by atoms with Gasteiger partial charge in [0.1, 0.15) is 5.82 Å². The van der Waals surface area contributed by atoms with E-state index in [1.807, 2.05) is 7.05 Å². The first-order valence-electron chi connectivity index (χ1n) is 7.51. The van der Waals surface area contributed by atoms with Crippen molar-refractivity contribution < 1.29 is 0 Å². The van der Waals surface area contributed by atoms with E-state index >= 15 is 0 Å². The molecule has 0 unspecified atom stereocenters. The van der Waals surface area contributed by atoms with Gasteiger partial charge in [-0.15, -0.1) is 0 Å². The fraction of sp³-hybridized carbons (Fsp3) is 0.412. The molecule has 2 aromatic rings. The summed E-state index contributed by atoms with van der Waals surface area (Å²) < 4.78 is 1.02. The molecule has 1 N–H and O–H groups in total. The van der Waals surface area contributed by atoms with E-state index in [9.17, 15) is 0 Å². The second-order valence-corrected chi connectivity index (χ2v) is 6.49. The predicted molar refractivity (Wildman–Crippen MR) is 90.7 cm³/mol. The highest BCUT2D eigenvalue weighted by molar-refractivity contribution is 9.10. The fourth-order valence-electron chi connectivity index (χ4n) is 3.01. The Morgan fingerprint density at radius 1 is 1.19 bits per heavy atom. The average Bonchev–Trinajstić information content (AvgIpc) is 3.01. The van der Waals surface area contributed by atoms with Gasteiger partial charge in [-0.25, -0.2) is 9.97 Å². The van der Waals surface area contributed by atoms with E-state index in [0.29, 0.717) is 5.92 Å². The molecule has 1 fully saturated rings. The number of nitrogens with one attached hydrogen (secondary N) is 1. The quantitative estimate of drug-likeness (QED) is 0.858. The smallest absolute Gasteiger partial charge is 0.161 e. The molecule has 0 amide bonds. The highest BCUT2D eigenvalue weighted by Gasteiger charge is 2.24. The third kappa shape index (κ3) is 2.95. The second kappa shape index (κ2) is 6.14. The first-order chi connectivity index (χ1) is 10.2. The van der Waals surface area contributed by atoms with Gasteiger partial charge in [0.2, 0.25) is 0 Å². The maximum atomic E-state index is 4.88. The lowest BCUT2D eigenvalue weighted by Crippen LogP contribution is -2.06. The highest BCUT2D eigenvalue weighted by Crippen LogP contribution is 2.39. The number of anilines is 1. The molecular formula is C17H20BrN3. The molecule has 0 radical (unpaired) electrons. The summed E-state index contributed by atoms with van der Waals surface area (Å²) in [6.45, 7) is 2.10. The van der Waals surface area contributed by atoms with Crippen LogP contribution < -0.4 is 5.32 Å². The summed E-state index contributed by atoms with van der Waals surface area (Å²) in [5.74, 6) is 2.24. The van der Waals surface area contributed by atoms with Gasteiger partial charge in [-0.2, -0.15) is 0 Å². The van der Waals surface area contributed by atoms with Crippen LogP contribution in [-0.4, -0.2) is 17.0 Å². The van der Waals surface area contributed by atoms with Gasteiger partial charge in [0.15, 0.2) is 5.82 Å². The van der Waals surface area contributed by atoms with Crippen LogP contribution in [0.3, 0.4) is 0 Å². The third-order valence-electron chi connectivity index (χ3n) is 4.13. The number of nitrogens with zero attached hydrogens (tertiary/aromatic N) is 2. The lowest BCUT2D eigenvalue weighted by atomic mass is 10.0. The van der Waals surface area contributed by atoms with Gasteiger partial charge in [0, 0.05) is 18.5 Å². The van der Waals surface area contributed by atoms with Gasteiger partial charge in [-0.3, -0.25) is 0 Å². The molecule has 1 aliphatic rings. The largest absolute Gasteiger partial charge is 0.372 e. The molecule has 3 rings (SSSR count). The zero-order valence-electron chi connectivity index (χ0n) is 12.5. The van der Waals surface area contributed by atoms with Crippen LogP contribution >= 0.6 is 15.9 Å². The molecule has 0 spiro atoms. The Hall–Kier alpha value is -1.42. The van der Waals surface area contributed by atoms with E-state index < -0.39 is 0 Å². The Bertz CT molecular complexity index is 648. The van der Waals surface area contributed by atoms with E-state index in [2.05, 4.69) is 57.4 Å². The first kappa shape index (κ1) is 14.5. The molecule has 21 heavy (non-hydrogen) atoms. The Kier molecular flexibility index (Phi) is 4.24. The number of hydrogen-bond acceptors (Lipinski definition) is 3. The fourth-order valence-corrected chi connectivity index (χ4v) is 3.71. The topological polar surface area (TPSA) is 37.8 Å². The standard InChI is InChI=1S/C17H20BrN3/c1-11-6-5-9-13(10-11)16-20-15(12-7-3-4-8-12)14(18)17(19-2)21-16/h5-6,9-10,12H,3-4,7-8H2,1-2H3,(H,19,20,21). The van der Waals surface area contributed by atoms with Crippen LogP contribution in [0.25, 0.3) is 11.4 Å². The van der Waals surface area contributed by atoms with Gasteiger partial charge in [-0.05, 0) is 41.8 Å². The van der Waals surface area contributed by atoms with Crippen molar-refractivity contribution in [2.24, 2.45) is 0 Å². The van der Waals surface area contributed by atoms with Gasteiger partial charge in [0.05, 0.1) is 10.2 Å². The SMILES string of the molecule is CNc1nc(-c2cccc(C)c2)nc(C2CCCC2)c1Br. The molecule has 0 aliphatic heterocycles. The van der Waals surface area contributed by atoms with Crippen molar-refractivity contribution in [1.29, 1.82) is 0 Å². The van der Waals surface area contributed by atoms with E-state index in [4.69, 9.17) is 4.98 Å². The van der Waals surface area contributed by atoms with Crippen molar-refractivity contribution in [3.63, 3.8) is 0 Å². The Morgan fingerprint density at radius 3 is 2.62 bits per heavy atom. The summed E-state index contributed by atoms with van der Waals surface area (Å²) in [4.78, 5) is 9.54. The molecule has 1 aromatic carbocycles. The molecule has 3 nitrogen and oxygen atoms in total. The maximum absolute atomic E-state index is 4.88. The minimum atomic E-state index is 0.554. The lowest BCUT2D eigenvalue weighted by molar-refractivity contribution is 0.691. The van der Waals surface area contributed by atoms with Crippen LogP contribution in [0.2, 0.25) is 0 Å². The van der Waals surface area contributed by atoms with Crippen LogP contribution in [0.4, 0.5) is 5.82 Å². The van der Waals surface area contributed by atoms with Crippen LogP contribution in [0.15, 0.2) is 28.7 Å². The van der Waals surface area contributed by atoms with Crippen LogP contribution in [0.1, 0.15) is 42.9 Å². The molecule has 1 aromatic heterocycles. The van der Waals surface area contributed by atoms with Gasteiger partial charge in [-0.1, -0.05) is 36.6 Å². The van der Waals surface area contributed by atoms with Crippen LogP contribution in [0.5, 0.6) is 0 Å². The van der Waals surface area contributed by atoms with Crippen molar-refractivity contribution in [3.05, 3.63) is 40.0 Å². The molecule has 0 atom stereocenters. The number of halogens is 1. The zero-order chi connectivity index (χ0) is 14.8. The van der Waals surface area contributed by atoms with Crippen LogP contribution in [0, 0.1) is 6.92 Å². The summed E-state index contributed by atoms with van der Waals surface area (Å²) >= 11 is 3.69. The van der Waals surface area contributed by atoms with Crippen molar-refractivity contribution in [2.75, 3.05) is 12.4 Å². The van der Waals surface area contributed by atoms with E-state index in [1.165, 1.54) is 31.2 Å². The summed E-state index contributed by atoms with van der Waals surface area (Å²) in [6.07, 6.45) is 5.06. The second-order valence-electron chi connectivity index (χ2n) is 5.70. The van der Waals surface area contributed by atoms with E-state index in [1.54, 1.807) is 0 Å². The van der Waals surface area contributed by atoms with E-state index in [0.717, 1.165) is 27.4 Å². The summed E-state index contributed by atoms with van der Waals surface area (Å²) in [5.41, 5.74) is 3.47. The number of benzene rings is 1. The van der Waals surface area contributed by atoms with Crippen molar-refractivity contribution in [3.8, 4) is 11.4 Å². The molecule has 110 valence electrons. The number of rotatable bonds is 3. The van der Waals surface area contributed by atoms with Crippen molar-refractivity contribution in [2.45, 2.75) is 38.5 Å². The van der Waals surface area contributed by atoms with Crippen LogP contribution in [-0.2, 0) is 0 Å². The Labute approximate surface area is 134 Å². The molecule has 1 heterocycles. The molecule has 0 saturated heterocycles. The predicted octanol–water partition coefficient (Wildman–Crippen LogP) is 4.91. The number of aromatic nitrogens is 2. The third-order valence-corrected chi connectivity index (χ3v) is 4.91. The minimum Gasteiger partial charge on any atom is -0.372 e. The van der Waals surface area contributed by atoms with Crippen molar-refractivity contribution >= 4 is 21.7 Å². The van der Waals surface area contributed by atoms with Gasteiger partial charge >= 0.3 is 0 Å². The minimum absolute atomic E-state index is 0.554. The number of aryl methyl sites for hydroxylation is 1. The summed E-state index contributed by atoms with van der Waals surface area (Å²) in [6, 6.07) is 8.37.